The van der Waals surface area contributed by atoms with Crippen LogP contribution < -0.4 is 19.7 Å². The molecule has 0 saturated heterocycles. The second-order valence-electron chi connectivity index (χ2n) is 9.47. The van der Waals surface area contributed by atoms with Crippen LogP contribution in [0.1, 0.15) is 16.8 Å². The van der Waals surface area contributed by atoms with Gasteiger partial charge in [-0.1, -0.05) is 48.0 Å². The molecule has 0 spiro atoms. The lowest BCUT2D eigenvalue weighted by molar-refractivity contribution is -0.127. The van der Waals surface area contributed by atoms with E-state index in [4.69, 9.17) is 21.1 Å². The Morgan fingerprint density at radius 1 is 1.08 bits per heavy atom. The molecule has 0 aliphatic carbocycles. The summed E-state index contributed by atoms with van der Waals surface area (Å²) in [4.78, 5) is 28.7. The molecular weight excluding hydrogens is 521 g/mol. The van der Waals surface area contributed by atoms with Crippen molar-refractivity contribution in [3.8, 4) is 11.5 Å². The molecule has 0 saturated carbocycles. The zero-order valence-corrected chi connectivity index (χ0v) is 22.5. The summed E-state index contributed by atoms with van der Waals surface area (Å²) in [6, 6.07) is 19.4. The number of alkyl halides is 1. The molecule has 1 atom stereocenters. The van der Waals surface area contributed by atoms with E-state index < -0.39 is 12.7 Å². The molecule has 0 unspecified atom stereocenters. The largest absolute Gasteiger partial charge is 0.454 e. The van der Waals surface area contributed by atoms with E-state index in [1.807, 2.05) is 47.9 Å². The maximum atomic E-state index is 13.7. The lowest BCUT2D eigenvalue weighted by Crippen LogP contribution is -2.49. The first kappa shape index (κ1) is 26.6. The van der Waals surface area contributed by atoms with E-state index in [1.54, 1.807) is 37.4 Å². The van der Waals surface area contributed by atoms with Crippen molar-refractivity contribution in [1.82, 2.24) is 9.88 Å². The van der Waals surface area contributed by atoms with Crippen LogP contribution in [0, 0.1) is 6.92 Å². The first-order valence-electron chi connectivity index (χ1n) is 12.7. The number of aromatic nitrogens is 1. The molecular formula is C30H29ClFN3O4. The molecule has 1 N–H and O–H groups in total. The average Bonchev–Trinajstić information content (AvgIpc) is 3.51. The van der Waals surface area contributed by atoms with Crippen molar-refractivity contribution in [2.45, 2.75) is 32.4 Å². The number of aryl methyl sites for hydroxylation is 1. The number of hydrogen-bond donors (Lipinski definition) is 1. The number of carbonyl (C=O) groups is 2. The van der Waals surface area contributed by atoms with Crippen LogP contribution in [0.2, 0.25) is 5.02 Å². The predicted molar refractivity (Wildman–Crippen MR) is 149 cm³/mol. The van der Waals surface area contributed by atoms with Gasteiger partial charge in [0.2, 0.25) is 18.6 Å². The number of rotatable bonds is 9. The Morgan fingerprint density at radius 3 is 2.62 bits per heavy atom. The molecule has 0 radical (unpaired) electrons. The summed E-state index contributed by atoms with van der Waals surface area (Å²) in [6.07, 6.45) is 0.515. The quantitative estimate of drug-likeness (QED) is 0.310. The van der Waals surface area contributed by atoms with Crippen molar-refractivity contribution < 1.29 is 23.5 Å². The summed E-state index contributed by atoms with van der Waals surface area (Å²) in [6.45, 7) is 1.42. The number of amides is 2. The molecule has 1 aromatic heterocycles. The Hall–Kier alpha value is -4.04. The Balaban J connectivity index is 1.41. The molecule has 5 rings (SSSR count). The Kier molecular flexibility index (Phi) is 7.74. The zero-order chi connectivity index (χ0) is 27.5. The number of ether oxygens (including phenoxy) is 2. The zero-order valence-electron chi connectivity index (χ0n) is 21.7. The van der Waals surface area contributed by atoms with Crippen molar-refractivity contribution in [2.75, 3.05) is 25.4 Å². The number of nitrogens with zero attached hydrogens (tertiary/aromatic N) is 2. The van der Waals surface area contributed by atoms with Gasteiger partial charge in [0.05, 0.1) is 17.2 Å². The number of anilines is 1. The maximum Gasteiger partial charge on any atom is 0.249 e. The van der Waals surface area contributed by atoms with Crippen molar-refractivity contribution in [3.63, 3.8) is 0 Å². The number of carbonyl (C=O) groups excluding carboxylic acids is 2. The fourth-order valence-corrected chi connectivity index (χ4v) is 5.34. The summed E-state index contributed by atoms with van der Waals surface area (Å²) in [5.74, 6) is 0.570. The molecule has 2 heterocycles. The summed E-state index contributed by atoms with van der Waals surface area (Å²) in [5, 5.41) is 4.22. The second kappa shape index (κ2) is 11.4. The van der Waals surface area contributed by atoms with Crippen molar-refractivity contribution in [1.29, 1.82) is 0 Å². The topological polar surface area (TPSA) is 72.8 Å². The summed E-state index contributed by atoms with van der Waals surface area (Å²) in [7, 11) is 1.67. The SMILES string of the molecule is Cc1c(CCF)c2c(Cl)cccc2n1CC(=O)N[C@@H](Cc1ccccc1)C(=O)N(C)c1ccc2c(c1)OCO2. The van der Waals surface area contributed by atoms with Crippen LogP contribution in [0.3, 0.4) is 0 Å². The third-order valence-corrected chi connectivity index (χ3v) is 7.38. The minimum atomic E-state index is -0.827. The van der Waals surface area contributed by atoms with Crippen molar-refractivity contribution in [2.24, 2.45) is 0 Å². The minimum Gasteiger partial charge on any atom is -0.454 e. The number of likely N-dealkylation sites (N-methyl/N-ethyl adjacent to an activating group) is 1. The summed E-state index contributed by atoms with van der Waals surface area (Å²) >= 11 is 6.46. The first-order chi connectivity index (χ1) is 18.9. The Morgan fingerprint density at radius 2 is 1.85 bits per heavy atom. The van der Waals surface area contributed by atoms with Gasteiger partial charge in [0, 0.05) is 42.7 Å². The fourth-order valence-electron chi connectivity index (χ4n) is 5.05. The van der Waals surface area contributed by atoms with Gasteiger partial charge in [-0.3, -0.25) is 14.0 Å². The fraction of sp³-hybridized carbons (Fsp3) is 0.267. The van der Waals surface area contributed by atoms with E-state index in [2.05, 4.69) is 5.32 Å². The predicted octanol–water partition coefficient (Wildman–Crippen LogP) is 5.23. The van der Waals surface area contributed by atoms with Gasteiger partial charge in [-0.05, 0) is 42.3 Å². The first-order valence-corrected chi connectivity index (χ1v) is 13.1. The van der Waals surface area contributed by atoms with Crippen LogP contribution in [0.5, 0.6) is 11.5 Å². The molecule has 39 heavy (non-hydrogen) atoms. The Labute approximate surface area is 231 Å². The number of fused-ring (bicyclic) bond motifs is 2. The molecule has 1 aliphatic heterocycles. The normalized spacial score (nSPS) is 12.9. The summed E-state index contributed by atoms with van der Waals surface area (Å²) in [5.41, 5.74) is 3.84. The highest BCUT2D eigenvalue weighted by Crippen LogP contribution is 2.35. The smallest absolute Gasteiger partial charge is 0.249 e. The molecule has 1 aliphatic rings. The highest BCUT2D eigenvalue weighted by atomic mass is 35.5. The van der Waals surface area contributed by atoms with Gasteiger partial charge in [-0.15, -0.1) is 0 Å². The van der Waals surface area contributed by atoms with Crippen LogP contribution in [-0.4, -0.2) is 42.9 Å². The molecule has 3 aromatic carbocycles. The van der Waals surface area contributed by atoms with E-state index >= 15 is 0 Å². The average molecular weight is 550 g/mol. The monoisotopic (exact) mass is 549 g/mol. The van der Waals surface area contributed by atoms with Crippen molar-refractivity contribution in [3.05, 3.63) is 88.6 Å². The number of halogens is 2. The van der Waals surface area contributed by atoms with Crippen LogP contribution >= 0.6 is 11.6 Å². The number of nitrogens with one attached hydrogen (secondary N) is 1. The third-order valence-electron chi connectivity index (χ3n) is 7.06. The molecule has 4 aromatic rings. The van der Waals surface area contributed by atoms with Gasteiger partial charge >= 0.3 is 0 Å². The molecule has 0 bridgehead atoms. The standard InChI is InChI=1S/C30H29ClFN3O4/c1-19-22(13-14-32)29-23(31)9-6-10-25(29)35(19)17-28(36)33-24(15-20-7-4-3-5-8-20)30(37)34(2)21-11-12-26-27(16-21)39-18-38-26/h3-12,16,24H,13-15,17-18H2,1-2H3,(H,33,36)/t24-/m0/s1. The van der Waals surface area contributed by atoms with Crippen LogP contribution in [0.25, 0.3) is 10.9 Å². The summed E-state index contributed by atoms with van der Waals surface area (Å²) < 4.78 is 26.0. The number of benzene rings is 3. The van der Waals surface area contributed by atoms with Gasteiger partial charge in [0.1, 0.15) is 12.6 Å². The molecule has 9 heteroatoms. The van der Waals surface area contributed by atoms with E-state index in [0.29, 0.717) is 28.6 Å². The lowest BCUT2D eigenvalue weighted by Gasteiger charge is -2.25. The molecule has 7 nitrogen and oxygen atoms in total. The van der Waals surface area contributed by atoms with Crippen LogP contribution in [0.15, 0.2) is 66.7 Å². The van der Waals surface area contributed by atoms with Gasteiger partial charge in [-0.25, -0.2) is 0 Å². The maximum absolute atomic E-state index is 13.7. The van der Waals surface area contributed by atoms with E-state index in [1.165, 1.54) is 4.90 Å². The second-order valence-corrected chi connectivity index (χ2v) is 9.87. The van der Waals surface area contributed by atoms with Gasteiger partial charge in [0.25, 0.3) is 0 Å². The molecule has 0 fully saturated rings. The van der Waals surface area contributed by atoms with Gasteiger partial charge < -0.3 is 24.3 Å². The van der Waals surface area contributed by atoms with Crippen molar-refractivity contribution >= 4 is 40.0 Å². The number of hydrogen-bond acceptors (Lipinski definition) is 4. The highest BCUT2D eigenvalue weighted by molar-refractivity contribution is 6.35. The van der Waals surface area contributed by atoms with Crippen LogP contribution in [0.4, 0.5) is 10.1 Å². The highest BCUT2D eigenvalue weighted by Gasteiger charge is 2.27. The minimum absolute atomic E-state index is 0.0404. The van der Waals surface area contributed by atoms with Gasteiger partial charge in [0.15, 0.2) is 11.5 Å². The van der Waals surface area contributed by atoms with E-state index in [-0.39, 0.29) is 31.6 Å². The third kappa shape index (κ3) is 5.43. The molecule has 2 amide bonds. The lowest BCUT2D eigenvalue weighted by atomic mass is 10.0. The van der Waals surface area contributed by atoms with Crippen LogP contribution in [-0.2, 0) is 29.0 Å². The van der Waals surface area contributed by atoms with E-state index in [9.17, 15) is 14.0 Å². The Bertz CT molecular complexity index is 1520. The van der Waals surface area contributed by atoms with Gasteiger partial charge in [-0.2, -0.15) is 0 Å². The van der Waals surface area contributed by atoms with E-state index in [0.717, 1.165) is 27.7 Å². The molecule has 202 valence electrons.